The maximum atomic E-state index is 11.6. The van der Waals surface area contributed by atoms with E-state index in [-0.39, 0.29) is 0 Å². The van der Waals surface area contributed by atoms with E-state index in [4.69, 9.17) is 0 Å². The lowest BCUT2D eigenvalue weighted by atomic mass is 9.90. The van der Waals surface area contributed by atoms with Crippen LogP contribution in [0.5, 0.6) is 0 Å². The Bertz CT molecular complexity index is 383. The van der Waals surface area contributed by atoms with Crippen LogP contribution in [0.2, 0.25) is 0 Å². The molecule has 0 aromatic rings. The molecular formula is C17H30N2O2. The quantitative estimate of drug-likeness (QED) is 0.758. The molecule has 3 unspecified atom stereocenters. The van der Waals surface area contributed by atoms with E-state index in [1.807, 2.05) is 6.92 Å². The number of hydrogen-bond acceptors (Lipinski definition) is 3. The standard InChI is InChI=1S/C17H30N2O2/c1-17(16(20)21,18-14-8-9-14)10-4-12-19-11-3-6-13-5-2-7-15(13)19/h13-15,18H,2-12H2,1H3,(H,20,21). The summed E-state index contributed by atoms with van der Waals surface area (Å²) in [6, 6.07) is 1.24. The largest absolute Gasteiger partial charge is 0.480 e. The number of carboxylic acids is 1. The number of carbonyl (C=O) groups is 1. The molecule has 0 spiro atoms. The Morgan fingerprint density at radius 3 is 2.71 bits per heavy atom. The minimum atomic E-state index is -0.730. The number of nitrogens with one attached hydrogen (secondary N) is 1. The fraction of sp³-hybridized carbons (Fsp3) is 0.941. The van der Waals surface area contributed by atoms with Crippen molar-refractivity contribution in [3.63, 3.8) is 0 Å². The molecule has 0 aromatic heterocycles. The van der Waals surface area contributed by atoms with Gasteiger partial charge in [-0.05, 0) is 77.3 Å². The van der Waals surface area contributed by atoms with E-state index in [0.717, 1.165) is 44.2 Å². The number of rotatable bonds is 7. The van der Waals surface area contributed by atoms with Crippen LogP contribution in [0.1, 0.15) is 64.7 Å². The van der Waals surface area contributed by atoms with Gasteiger partial charge in [-0.25, -0.2) is 0 Å². The summed E-state index contributed by atoms with van der Waals surface area (Å²) in [5.41, 5.74) is -0.730. The fourth-order valence-electron chi connectivity index (χ4n) is 4.39. The molecule has 2 N–H and O–H groups in total. The molecule has 120 valence electrons. The first-order chi connectivity index (χ1) is 10.1. The van der Waals surface area contributed by atoms with Gasteiger partial charge in [-0.1, -0.05) is 6.42 Å². The SMILES string of the molecule is CC(CCCN1CCCC2CCCC21)(NC1CC1)C(=O)O. The van der Waals surface area contributed by atoms with Gasteiger partial charge in [0.1, 0.15) is 5.54 Å². The lowest BCUT2D eigenvalue weighted by molar-refractivity contribution is -0.144. The molecule has 0 radical (unpaired) electrons. The zero-order valence-electron chi connectivity index (χ0n) is 13.3. The molecule has 3 rings (SSSR count). The van der Waals surface area contributed by atoms with Crippen molar-refractivity contribution in [2.45, 2.75) is 82.3 Å². The number of aliphatic carboxylic acids is 1. The molecular weight excluding hydrogens is 264 g/mol. The molecule has 0 bridgehead atoms. The molecule has 1 heterocycles. The van der Waals surface area contributed by atoms with Gasteiger partial charge < -0.3 is 10.0 Å². The number of hydrogen-bond donors (Lipinski definition) is 2. The second kappa shape index (κ2) is 6.25. The summed E-state index contributed by atoms with van der Waals surface area (Å²) < 4.78 is 0. The third-order valence-corrected chi connectivity index (χ3v) is 5.80. The zero-order chi connectivity index (χ0) is 14.9. The highest BCUT2D eigenvalue weighted by Crippen LogP contribution is 2.37. The van der Waals surface area contributed by atoms with E-state index < -0.39 is 11.5 Å². The monoisotopic (exact) mass is 294 g/mol. The van der Waals surface area contributed by atoms with Crippen molar-refractivity contribution in [3.05, 3.63) is 0 Å². The van der Waals surface area contributed by atoms with Gasteiger partial charge in [-0.2, -0.15) is 0 Å². The molecule has 4 heteroatoms. The van der Waals surface area contributed by atoms with Crippen molar-refractivity contribution in [2.24, 2.45) is 5.92 Å². The summed E-state index contributed by atoms with van der Waals surface area (Å²) >= 11 is 0. The summed E-state index contributed by atoms with van der Waals surface area (Å²) in [6.07, 6.45) is 10.9. The van der Waals surface area contributed by atoms with E-state index in [1.54, 1.807) is 0 Å². The molecule has 3 atom stereocenters. The summed E-state index contributed by atoms with van der Waals surface area (Å²) in [7, 11) is 0. The molecule has 0 amide bonds. The van der Waals surface area contributed by atoms with Gasteiger partial charge in [0.25, 0.3) is 0 Å². The maximum absolute atomic E-state index is 11.6. The van der Waals surface area contributed by atoms with Gasteiger partial charge in [0, 0.05) is 12.1 Å². The third kappa shape index (κ3) is 3.59. The molecule has 0 aromatic carbocycles. The lowest BCUT2D eigenvalue weighted by Gasteiger charge is -2.38. The minimum absolute atomic E-state index is 0.445. The molecule has 1 saturated heterocycles. The van der Waals surface area contributed by atoms with Crippen molar-refractivity contribution in [2.75, 3.05) is 13.1 Å². The Kier molecular flexibility index (Phi) is 4.55. The Morgan fingerprint density at radius 1 is 1.24 bits per heavy atom. The molecule has 3 fully saturated rings. The molecule has 21 heavy (non-hydrogen) atoms. The predicted octanol–water partition coefficient (Wildman–Crippen LogP) is 2.63. The van der Waals surface area contributed by atoms with Crippen LogP contribution in [0.3, 0.4) is 0 Å². The zero-order valence-corrected chi connectivity index (χ0v) is 13.3. The maximum Gasteiger partial charge on any atom is 0.323 e. The van der Waals surface area contributed by atoms with Gasteiger partial charge in [0.05, 0.1) is 0 Å². The van der Waals surface area contributed by atoms with Crippen LogP contribution in [0.4, 0.5) is 0 Å². The van der Waals surface area contributed by atoms with E-state index in [1.165, 1.54) is 38.6 Å². The Hall–Kier alpha value is -0.610. The topological polar surface area (TPSA) is 52.6 Å². The summed E-state index contributed by atoms with van der Waals surface area (Å²) in [6.45, 7) is 4.17. The first kappa shape index (κ1) is 15.3. The average Bonchev–Trinajstić information content (AvgIpc) is 3.12. The summed E-state index contributed by atoms with van der Waals surface area (Å²) in [5, 5.41) is 12.9. The number of piperidine rings is 1. The van der Waals surface area contributed by atoms with Crippen molar-refractivity contribution in [1.82, 2.24) is 10.2 Å². The normalized spacial score (nSPS) is 32.6. The molecule has 2 aliphatic carbocycles. The minimum Gasteiger partial charge on any atom is -0.480 e. The highest BCUT2D eigenvalue weighted by Gasteiger charge is 2.39. The first-order valence-corrected chi connectivity index (χ1v) is 8.84. The molecule has 1 aliphatic heterocycles. The second-order valence-corrected chi connectivity index (χ2v) is 7.60. The second-order valence-electron chi connectivity index (χ2n) is 7.60. The number of carboxylic acid groups (broad SMARTS) is 1. The lowest BCUT2D eigenvalue weighted by Crippen LogP contribution is -2.51. The van der Waals surface area contributed by atoms with Crippen LogP contribution in [-0.2, 0) is 4.79 Å². The van der Waals surface area contributed by atoms with Crippen LogP contribution in [-0.4, -0.2) is 46.7 Å². The van der Waals surface area contributed by atoms with E-state index in [9.17, 15) is 9.90 Å². The first-order valence-electron chi connectivity index (χ1n) is 8.84. The van der Waals surface area contributed by atoms with Crippen LogP contribution in [0.15, 0.2) is 0 Å². The van der Waals surface area contributed by atoms with E-state index in [0.29, 0.717) is 6.04 Å². The van der Waals surface area contributed by atoms with Gasteiger partial charge in [0.15, 0.2) is 0 Å². The molecule has 3 aliphatic rings. The highest BCUT2D eigenvalue weighted by atomic mass is 16.4. The van der Waals surface area contributed by atoms with Crippen LogP contribution in [0, 0.1) is 5.92 Å². The third-order valence-electron chi connectivity index (χ3n) is 5.80. The van der Waals surface area contributed by atoms with Crippen LogP contribution in [0.25, 0.3) is 0 Å². The van der Waals surface area contributed by atoms with Crippen LogP contribution < -0.4 is 5.32 Å². The molecule has 2 saturated carbocycles. The predicted molar refractivity (Wildman–Crippen MR) is 83.4 cm³/mol. The van der Waals surface area contributed by atoms with Gasteiger partial charge in [0.2, 0.25) is 0 Å². The Balaban J connectivity index is 1.48. The number of likely N-dealkylation sites (tertiary alicyclic amines) is 1. The van der Waals surface area contributed by atoms with Crippen molar-refractivity contribution < 1.29 is 9.90 Å². The van der Waals surface area contributed by atoms with Gasteiger partial charge >= 0.3 is 5.97 Å². The van der Waals surface area contributed by atoms with Crippen molar-refractivity contribution in [3.8, 4) is 0 Å². The highest BCUT2D eigenvalue weighted by molar-refractivity contribution is 5.78. The Morgan fingerprint density at radius 2 is 2.00 bits per heavy atom. The van der Waals surface area contributed by atoms with Crippen LogP contribution >= 0.6 is 0 Å². The smallest absolute Gasteiger partial charge is 0.323 e. The summed E-state index contributed by atoms with van der Waals surface area (Å²) in [4.78, 5) is 14.2. The van der Waals surface area contributed by atoms with Gasteiger partial charge in [-0.15, -0.1) is 0 Å². The average molecular weight is 294 g/mol. The van der Waals surface area contributed by atoms with Gasteiger partial charge in [-0.3, -0.25) is 10.1 Å². The number of nitrogens with zero attached hydrogens (tertiary/aromatic N) is 1. The van der Waals surface area contributed by atoms with Crippen molar-refractivity contribution >= 4 is 5.97 Å². The van der Waals surface area contributed by atoms with E-state index >= 15 is 0 Å². The van der Waals surface area contributed by atoms with Crippen molar-refractivity contribution in [1.29, 1.82) is 0 Å². The summed E-state index contributed by atoms with van der Waals surface area (Å²) in [5.74, 6) is 0.237. The molecule has 4 nitrogen and oxygen atoms in total. The number of fused-ring (bicyclic) bond motifs is 1. The van der Waals surface area contributed by atoms with E-state index in [2.05, 4.69) is 10.2 Å². The fourth-order valence-corrected chi connectivity index (χ4v) is 4.39. The Labute approximate surface area is 128 Å².